The fourth-order valence-corrected chi connectivity index (χ4v) is 2.72. The zero-order valence-electron chi connectivity index (χ0n) is 15.6. The summed E-state index contributed by atoms with van der Waals surface area (Å²) in [6.07, 6.45) is 4.36. The van der Waals surface area contributed by atoms with E-state index in [1.54, 1.807) is 47.8 Å². The average Bonchev–Trinajstić information content (AvgIpc) is 3.15. The molecule has 0 saturated carbocycles. The smallest absolute Gasteiger partial charge is 0.272 e. The fraction of sp³-hybridized carbons (Fsp3) is 0.389. The van der Waals surface area contributed by atoms with Crippen LogP contribution in [-0.2, 0) is 18.9 Å². The van der Waals surface area contributed by atoms with Crippen molar-refractivity contribution >= 4 is 40.7 Å². The molecule has 146 valence electrons. The van der Waals surface area contributed by atoms with Crippen LogP contribution in [0.4, 0.5) is 11.4 Å². The molecule has 0 fully saturated rings. The maximum absolute atomic E-state index is 12.5. The summed E-state index contributed by atoms with van der Waals surface area (Å²) < 4.78 is 3.27. The number of aryl methyl sites for hydroxylation is 2. The van der Waals surface area contributed by atoms with Gasteiger partial charge in [-0.15, -0.1) is 11.6 Å². The van der Waals surface area contributed by atoms with Crippen LogP contribution < -0.4 is 16.0 Å². The van der Waals surface area contributed by atoms with Crippen molar-refractivity contribution in [1.29, 1.82) is 0 Å². The number of anilines is 2. The molecule has 0 bridgehead atoms. The highest BCUT2D eigenvalue weighted by Crippen LogP contribution is 2.17. The lowest BCUT2D eigenvalue weighted by atomic mass is 10.3. The van der Waals surface area contributed by atoms with Gasteiger partial charge in [0.1, 0.15) is 11.4 Å². The lowest BCUT2D eigenvalue weighted by Gasteiger charge is -2.03. The summed E-state index contributed by atoms with van der Waals surface area (Å²) in [5.41, 5.74) is 1.86. The van der Waals surface area contributed by atoms with Gasteiger partial charge in [-0.3, -0.25) is 14.4 Å². The van der Waals surface area contributed by atoms with Crippen molar-refractivity contribution in [2.75, 3.05) is 23.1 Å². The van der Waals surface area contributed by atoms with E-state index in [1.807, 2.05) is 6.92 Å². The van der Waals surface area contributed by atoms with Gasteiger partial charge in [-0.25, -0.2) is 0 Å². The third kappa shape index (κ3) is 5.37. The summed E-state index contributed by atoms with van der Waals surface area (Å²) >= 11 is 5.54. The number of carbonyl (C=O) groups is 3. The largest absolute Gasteiger partial charge is 0.351 e. The van der Waals surface area contributed by atoms with Gasteiger partial charge in [-0.05, 0) is 18.6 Å². The Balaban J connectivity index is 2.08. The molecular weight excluding hydrogens is 370 g/mol. The van der Waals surface area contributed by atoms with Crippen molar-refractivity contribution in [3.05, 3.63) is 35.9 Å². The zero-order valence-corrected chi connectivity index (χ0v) is 16.4. The monoisotopic (exact) mass is 393 g/mol. The van der Waals surface area contributed by atoms with Crippen LogP contribution in [0.5, 0.6) is 0 Å². The van der Waals surface area contributed by atoms with Crippen LogP contribution in [0.1, 0.15) is 40.7 Å². The Morgan fingerprint density at radius 1 is 0.963 bits per heavy atom. The highest BCUT2D eigenvalue weighted by atomic mass is 35.5. The van der Waals surface area contributed by atoms with Crippen LogP contribution in [0.15, 0.2) is 24.5 Å². The fourth-order valence-electron chi connectivity index (χ4n) is 2.55. The van der Waals surface area contributed by atoms with E-state index in [0.29, 0.717) is 29.3 Å². The Hall–Kier alpha value is -2.74. The van der Waals surface area contributed by atoms with Crippen LogP contribution in [0.2, 0.25) is 0 Å². The van der Waals surface area contributed by atoms with E-state index in [9.17, 15) is 14.4 Å². The number of amides is 3. The molecule has 2 rings (SSSR count). The number of hydrogen-bond donors (Lipinski definition) is 3. The zero-order chi connectivity index (χ0) is 20.0. The van der Waals surface area contributed by atoms with Crippen molar-refractivity contribution in [1.82, 2.24) is 14.5 Å². The van der Waals surface area contributed by atoms with Crippen molar-refractivity contribution in [2.45, 2.75) is 19.8 Å². The minimum absolute atomic E-state index is 0.192. The molecule has 0 saturated heterocycles. The molecule has 0 radical (unpaired) electrons. The first-order chi connectivity index (χ1) is 12.8. The average molecular weight is 394 g/mol. The standard InChI is InChI=1S/C18H24ClN5O3/c1-4-7-20-17(26)14-9-13(11-23(14)2)22-18(27)15-8-12(10-24(15)3)21-16(25)5-6-19/h8-11H,4-7H2,1-3H3,(H,20,26)(H,21,25)(H,22,27). The maximum atomic E-state index is 12.5. The molecule has 0 unspecified atom stereocenters. The van der Waals surface area contributed by atoms with Gasteiger partial charge in [0.05, 0.1) is 11.4 Å². The first-order valence-corrected chi connectivity index (χ1v) is 9.17. The minimum atomic E-state index is -0.346. The lowest BCUT2D eigenvalue weighted by molar-refractivity contribution is -0.115. The van der Waals surface area contributed by atoms with Gasteiger partial charge in [0, 0.05) is 45.3 Å². The Labute approximate surface area is 162 Å². The number of nitrogens with one attached hydrogen (secondary N) is 3. The van der Waals surface area contributed by atoms with E-state index in [1.165, 1.54) is 0 Å². The number of hydrogen-bond acceptors (Lipinski definition) is 3. The van der Waals surface area contributed by atoms with E-state index in [0.717, 1.165) is 6.42 Å². The molecule has 2 aromatic heterocycles. The summed E-state index contributed by atoms with van der Waals surface area (Å²) in [7, 11) is 3.45. The summed E-state index contributed by atoms with van der Waals surface area (Å²) in [4.78, 5) is 36.3. The molecule has 0 aliphatic heterocycles. The Bertz CT molecular complexity index is 840. The Morgan fingerprint density at radius 3 is 2.07 bits per heavy atom. The van der Waals surface area contributed by atoms with Crippen LogP contribution in [-0.4, -0.2) is 39.3 Å². The normalized spacial score (nSPS) is 10.5. The van der Waals surface area contributed by atoms with Gasteiger partial charge in [0.15, 0.2) is 0 Å². The molecule has 2 heterocycles. The first-order valence-electron chi connectivity index (χ1n) is 8.63. The molecule has 0 aromatic carbocycles. The van der Waals surface area contributed by atoms with E-state index >= 15 is 0 Å². The van der Waals surface area contributed by atoms with Gasteiger partial charge in [0.2, 0.25) is 5.91 Å². The molecule has 9 heteroatoms. The molecule has 0 aliphatic rings. The second kappa shape index (κ2) is 9.27. The van der Waals surface area contributed by atoms with Gasteiger partial charge >= 0.3 is 0 Å². The number of carbonyl (C=O) groups excluding carboxylic acids is 3. The van der Waals surface area contributed by atoms with Gasteiger partial charge in [-0.1, -0.05) is 6.92 Å². The summed E-state index contributed by atoms with van der Waals surface area (Å²) in [6.45, 7) is 2.57. The molecule has 0 atom stereocenters. The topological polar surface area (TPSA) is 97.2 Å². The molecule has 8 nitrogen and oxygen atoms in total. The molecule has 27 heavy (non-hydrogen) atoms. The molecule has 0 aliphatic carbocycles. The van der Waals surface area contributed by atoms with E-state index in [4.69, 9.17) is 11.6 Å². The first kappa shape index (κ1) is 20.6. The summed E-state index contributed by atoms with van der Waals surface area (Å²) in [5, 5.41) is 8.26. The van der Waals surface area contributed by atoms with E-state index < -0.39 is 0 Å². The third-order valence-electron chi connectivity index (χ3n) is 3.87. The van der Waals surface area contributed by atoms with E-state index in [2.05, 4.69) is 16.0 Å². The summed E-state index contributed by atoms with van der Waals surface area (Å²) in [5.74, 6) is -0.522. The SMILES string of the molecule is CCCNC(=O)c1cc(NC(=O)c2cc(NC(=O)CCCl)cn2C)cn1C. The highest BCUT2D eigenvalue weighted by molar-refractivity contribution is 6.19. The molecule has 2 aromatic rings. The van der Waals surface area contributed by atoms with Crippen LogP contribution in [0.3, 0.4) is 0 Å². The van der Waals surface area contributed by atoms with E-state index in [-0.39, 0.29) is 30.0 Å². The molecule has 0 spiro atoms. The number of rotatable bonds is 8. The molecular formula is C18H24ClN5O3. The highest BCUT2D eigenvalue weighted by Gasteiger charge is 2.16. The third-order valence-corrected chi connectivity index (χ3v) is 4.06. The molecule has 3 amide bonds. The van der Waals surface area contributed by atoms with Gasteiger partial charge < -0.3 is 25.1 Å². The number of nitrogens with zero attached hydrogens (tertiary/aromatic N) is 2. The van der Waals surface area contributed by atoms with Gasteiger partial charge in [-0.2, -0.15) is 0 Å². The van der Waals surface area contributed by atoms with Gasteiger partial charge in [0.25, 0.3) is 11.8 Å². The van der Waals surface area contributed by atoms with Crippen molar-refractivity contribution in [3.63, 3.8) is 0 Å². The quantitative estimate of drug-likeness (QED) is 0.600. The second-order valence-corrected chi connectivity index (χ2v) is 6.52. The summed E-state index contributed by atoms with van der Waals surface area (Å²) in [6, 6.07) is 3.20. The Morgan fingerprint density at radius 2 is 1.52 bits per heavy atom. The minimum Gasteiger partial charge on any atom is -0.351 e. The maximum Gasteiger partial charge on any atom is 0.272 e. The predicted octanol–water partition coefficient (Wildman–Crippen LogP) is 2.32. The number of alkyl halides is 1. The Kier molecular flexibility index (Phi) is 7.06. The number of aromatic nitrogens is 2. The molecule has 3 N–H and O–H groups in total. The lowest BCUT2D eigenvalue weighted by Crippen LogP contribution is -2.25. The van der Waals surface area contributed by atoms with Crippen LogP contribution in [0.25, 0.3) is 0 Å². The van der Waals surface area contributed by atoms with Crippen molar-refractivity contribution in [2.24, 2.45) is 14.1 Å². The van der Waals surface area contributed by atoms with Crippen LogP contribution in [0, 0.1) is 0 Å². The van der Waals surface area contributed by atoms with Crippen molar-refractivity contribution in [3.8, 4) is 0 Å². The van der Waals surface area contributed by atoms with Crippen molar-refractivity contribution < 1.29 is 14.4 Å². The predicted molar refractivity (Wildman–Crippen MR) is 105 cm³/mol. The van der Waals surface area contributed by atoms with Crippen LogP contribution >= 0.6 is 11.6 Å². The number of halogens is 1. The second-order valence-electron chi connectivity index (χ2n) is 6.15.